The molecule has 1 aliphatic heterocycles. The molecule has 154 valence electrons. The molecule has 28 heavy (non-hydrogen) atoms. The van der Waals surface area contributed by atoms with Crippen LogP contribution >= 0.6 is 0 Å². The monoisotopic (exact) mass is 386 g/mol. The predicted octanol–water partition coefficient (Wildman–Crippen LogP) is 3.88. The van der Waals surface area contributed by atoms with Crippen molar-refractivity contribution >= 4 is 11.8 Å². The Labute approximate surface area is 168 Å². The minimum Gasteiger partial charge on any atom is -0.383 e. The van der Waals surface area contributed by atoms with Crippen LogP contribution in [0.4, 0.5) is 0 Å². The maximum atomic E-state index is 13.4. The van der Waals surface area contributed by atoms with E-state index in [0.29, 0.717) is 25.3 Å². The van der Waals surface area contributed by atoms with Gasteiger partial charge in [-0.15, -0.1) is 0 Å². The van der Waals surface area contributed by atoms with Gasteiger partial charge in [0, 0.05) is 25.8 Å². The molecule has 0 bridgehead atoms. The van der Waals surface area contributed by atoms with Crippen molar-refractivity contribution in [3.8, 4) is 0 Å². The number of carbonyl (C=O) groups excluding carboxylic acids is 2. The summed E-state index contributed by atoms with van der Waals surface area (Å²) in [6.45, 7) is 3.88. The molecule has 5 heteroatoms. The van der Waals surface area contributed by atoms with Crippen LogP contribution < -0.4 is 5.32 Å². The molecule has 0 aromatic heterocycles. The van der Waals surface area contributed by atoms with Crippen molar-refractivity contribution in [3.05, 3.63) is 35.4 Å². The molecule has 3 rings (SSSR count). The lowest BCUT2D eigenvalue weighted by molar-refractivity contribution is -0.127. The van der Waals surface area contributed by atoms with Crippen LogP contribution in [0.15, 0.2) is 24.3 Å². The average molecular weight is 387 g/mol. The molecule has 5 nitrogen and oxygen atoms in total. The molecule has 1 atom stereocenters. The van der Waals surface area contributed by atoms with Crippen LogP contribution in [-0.2, 0) is 9.53 Å². The number of nitrogens with zero attached hydrogens (tertiary/aromatic N) is 1. The van der Waals surface area contributed by atoms with Crippen LogP contribution in [-0.4, -0.2) is 49.1 Å². The van der Waals surface area contributed by atoms with Gasteiger partial charge in [0.1, 0.15) is 0 Å². The summed E-state index contributed by atoms with van der Waals surface area (Å²) in [7, 11) is 1.66. The van der Waals surface area contributed by atoms with Gasteiger partial charge >= 0.3 is 0 Å². The second-order valence-electron chi connectivity index (χ2n) is 8.13. The molecular formula is C23H34N2O3. The number of methoxy groups -OCH3 is 1. The number of carbonyl (C=O) groups is 2. The summed E-state index contributed by atoms with van der Waals surface area (Å²) in [5.41, 5.74) is 1.14. The number of hydrogen-bond acceptors (Lipinski definition) is 3. The smallest absolute Gasteiger partial charge is 0.254 e. The van der Waals surface area contributed by atoms with Crippen LogP contribution in [0.3, 0.4) is 0 Å². The molecule has 1 aromatic rings. The zero-order chi connectivity index (χ0) is 20.0. The normalized spacial score (nSPS) is 20.9. The quantitative estimate of drug-likeness (QED) is 0.690. The molecule has 1 N–H and O–H groups in total. The fourth-order valence-electron chi connectivity index (χ4n) is 5.04. The van der Waals surface area contributed by atoms with E-state index in [-0.39, 0.29) is 17.7 Å². The van der Waals surface area contributed by atoms with Crippen LogP contribution in [0.25, 0.3) is 0 Å². The highest BCUT2D eigenvalue weighted by Crippen LogP contribution is 2.49. The van der Waals surface area contributed by atoms with E-state index >= 15 is 0 Å². The Morgan fingerprint density at radius 2 is 1.96 bits per heavy atom. The van der Waals surface area contributed by atoms with E-state index in [4.69, 9.17) is 4.74 Å². The fourth-order valence-corrected chi connectivity index (χ4v) is 5.04. The first-order chi connectivity index (χ1) is 13.7. The van der Waals surface area contributed by atoms with Gasteiger partial charge in [0.15, 0.2) is 0 Å². The lowest BCUT2D eigenvalue weighted by Gasteiger charge is -2.53. The highest BCUT2D eigenvalue weighted by Gasteiger charge is 2.54. The van der Waals surface area contributed by atoms with E-state index in [0.717, 1.165) is 50.5 Å². The molecule has 1 spiro atoms. The topological polar surface area (TPSA) is 58.6 Å². The Bertz CT molecular complexity index is 682. The number of benzene rings is 1. The number of nitrogens with one attached hydrogen (secondary N) is 1. The van der Waals surface area contributed by atoms with Crippen molar-refractivity contribution in [3.63, 3.8) is 0 Å². The van der Waals surface area contributed by atoms with E-state index in [2.05, 4.69) is 12.2 Å². The number of hydrogen-bond donors (Lipinski definition) is 1. The summed E-state index contributed by atoms with van der Waals surface area (Å²) in [5.74, 6) is -0.190. The minimum atomic E-state index is -0.433. The Morgan fingerprint density at radius 1 is 1.21 bits per heavy atom. The van der Waals surface area contributed by atoms with Gasteiger partial charge in [0.2, 0.25) is 5.91 Å². The van der Waals surface area contributed by atoms with Gasteiger partial charge in [0.05, 0.1) is 18.1 Å². The van der Waals surface area contributed by atoms with Gasteiger partial charge in [-0.1, -0.05) is 57.2 Å². The van der Waals surface area contributed by atoms with Crippen molar-refractivity contribution in [1.29, 1.82) is 0 Å². The largest absolute Gasteiger partial charge is 0.383 e. The Kier molecular flexibility index (Phi) is 7.11. The second kappa shape index (κ2) is 9.55. The Morgan fingerprint density at radius 3 is 2.68 bits per heavy atom. The molecule has 1 fully saturated rings. The lowest BCUT2D eigenvalue weighted by Crippen LogP contribution is -2.63. The SMILES string of the molecule is CCCCCNC(=O)[C@@H]1c2ccccc2C(=O)N(CCOC)C12CCCCC2. The van der Waals surface area contributed by atoms with Crippen LogP contribution in [0.1, 0.15) is 80.1 Å². The molecule has 1 heterocycles. The Balaban J connectivity index is 1.99. The first-order valence-corrected chi connectivity index (χ1v) is 10.8. The van der Waals surface area contributed by atoms with Crippen LogP contribution in [0, 0.1) is 0 Å². The highest BCUT2D eigenvalue weighted by molar-refractivity contribution is 6.02. The van der Waals surface area contributed by atoms with Gasteiger partial charge in [-0.2, -0.15) is 0 Å². The highest BCUT2D eigenvalue weighted by atomic mass is 16.5. The van der Waals surface area contributed by atoms with Gasteiger partial charge in [0.25, 0.3) is 5.91 Å². The molecule has 0 saturated heterocycles. The first kappa shape index (κ1) is 20.8. The van der Waals surface area contributed by atoms with E-state index < -0.39 is 5.54 Å². The molecule has 2 aliphatic rings. The number of fused-ring (bicyclic) bond motifs is 1. The zero-order valence-electron chi connectivity index (χ0n) is 17.3. The van der Waals surface area contributed by atoms with Crippen LogP contribution in [0.5, 0.6) is 0 Å². The van der Waals surface area contributed by atoms with Gasteiger partial charge in [-0.3, -0.25) is 9.59 Å². The van der Waals surface area contributed by atoms with E-state index in [1.165, 1.54) is 6.42 Å². The third-order valence-electron chi connectivity index (χ3n) is 6.40. The molecule has 0 radical (unpaired) electrons. The first-order valence-electron chi connectivity index (χ1n) is 10.8. The lowest BCUT2D eigenvalue weighted by atomic mass is 9.65. The van der Waals surface area contributed by atoms with E-state index in [1.807, 2.05) is 29.2 Å². The summed E-state index contributed by atoms with van der Waals surface area (Å²) >= 11 is 0. The molecular weight excluding hydrogens is 352 g/mol. The minimum absolute atomic E-state index is 0.0459. The summed E-state index contributed by atoms with van der Waals surface area (Å²) in [4.78, 5) is 28.8. The standard InChI is InChI=1S/C23H34N2O3/c1-3-4-10-15-24-21(26)20-18-11-6-7-12-19(18)22(27)25(16-17-28-2)23(20)13-8-5-9-14-23/h6-7,11-12,20H,3-5,8-10,13-17H2,1-2H3,(H,24,26)/t20-/m0/s1. The van der Waals surface area contributed by atoms with Crippen LogP contribution in [0.2, 0.25) is 0 Å². The third-order valence-corrected chi connectivity index (χ3v) is 6.40. The number of amides is 2. The maximum absolute atomic E-state index is 13.4. The van der Waals surface area contributed by atoms with Crippen molar-refractivity contribution < 1.29 is 14.3 Å². The maximum Gasteiger partial charge on any atom is 0.254 e. The number of rotatable bonds is 8. The van der Waals surface area contributed by atoms with Gasteiger partial charge in [-0.05, 0) is 30.9 Å². The Hall–Kier alpha value is -1.88. The predicted molar refractivity (Wildman–Crippen MR) is 110 cm³/mol. The fraction of sp³-hybridized carbons (Fsp3) is 0.652. The van der Waals surface area contributed by atoms with Crippen molar-refractivity contribution in [2.45, 2.75) is 69.7 Å². The molecule has 1 aliphatic carbocycles. The van der Waals surface area contributed by atoms with Gasteiger partial charge < -0.3 is 15.0 Å². The van der Waals surface area contributed by atoms with E-state index in [1.54, 1.807) is 7.11 Å². The summed E-state index contributed by atoms with van der Waals surface area (Å²) in [6, 6.07) is 7.68. The average Bonchev–Trinajstić information content (AvgIpc) is 2.72. The molecule has 2 amide bonds. The van der Waals surface area contributed by atoms with Crippen molar-refractivity contribution in [1.82, 2.24) is 10.2 Å². The molecule has 0 unspecified atom stereocenters. The van der Waals surface area contributed by atoms with E-state index in [9.17, 15) is 9.59 Å². The molecule has 1 aromatic carbocycles. The summed E-state index contributed by atoms with van der Waals surface area (Å²) < 4.78 is 5.31. The third kappa shape index (κ3) is 3.95. The van der Waals surface area contributed by atoms with Gasteiger partial charge in [-0.25, -0.2) is 0 Å². The number of unbranched alkanes of at least 4 members (excludes halogenated alkanes) is 2. The van der Waals surface area contributed by atoms with Crippen molar-refractivity contribution in [2.24, 2.45) is 0 Å². The summed E-state index contributed by atoms with van der Waals surface area (Å²) in [5, 5.41) is 3.18. The second-order valence-corrected chi connectivity index (χ2v) is 8.13. The molecule has 1 saturated carbocycles. The number of ether oxygens (including phenoxy) is 1. The van der Waals surface area contributed by atoms with Crippen molar-refractivity contribution in [2.75, 3.05) is 26.8 Å². The zero-order valence-corrected chi connectivity index (χ0v) is 17.3. The summed E-state index contributed by atoms with van der Waals surface area (Å²) in [6.07, 6.45) is 8.28.